The van der Waals surface area contributed by atoms with Gasteiger partial charge in [0.15, 0.2) is 9.84 Å². The molecule has 1 aromatic carbocycles. The molecule has 20 heavy (non-hydrogen) atoms. The third-order valence-corrected chi connectivity index (χ3v) is 7.30. The molecule has 0 spiro atoms. The molecule has 0 amide bonds. The smallest absolute Gasteiger partial charge is 0.162 e. The van der Waals surface area contributed by atoms with Crippen LogP contribution < -0.4 is 5.32 Å². The Bertz CT molecular complexity index is 655. The molecule has 1 N–H and O–H groups in total. The van der Waals surface area contributed by atoms with Crippen molar-refractivity contribution in [2.24, 2.45) is 0 Å². The minimum absolute atomic E-state index is 0.0298. The molecule has 0 bridgehead atoms. The van der Waals surface area contributed by atoms with Crippen LogP contribution in [0.1, 0.15) is 32.8 Å². The van der Waals surface area contributed by atoms with E-state index in [1.54, 1.807) is 39.0 Å². The molecule has 1 aromatic rings. The van der Waals surface area contributed by atoms with Crippen molar-refractivity contribution in [3.63, 3.8) is 0 Å². The minimum Gasteiger partial charge on any atom is -0.369 e. The Labute approximate surface area is 124 Å². The third-order valence-electron chi connectivity index (χ3n) is 4.05. The number of rotatable bonds is 1. The van der Waals surface area contributed by atoms with Crippen molar-refractivity contribution in [1.29, 1.82) is 0 Å². The van der Waals surface area contributed by atoms with E-state index in [0.717, 1.165) is 0 Å². The molecule has 3 nitrogen and oxygen atoms in total. The number of nitrogens with one attached hydrogen (secondary N) is 1. The second kappa shape index (κ2) is 4.77. The lowest BCUT2D eigenvalue weighted by atomic mass is 9.88. The molecule has 2 rings (SSSR count). The fraction of sp³-hybridized carbons (Fsp3) is 0.500. The van der Waals surface area contributed by atoms with Gasteiger partial charge in [-0.05, 0) is 33.3 Å². The maximum Gasteiger partial charge on any atom is 0.162 e. The lowest BCUT2D eigenvalue weighted by Crippen LogP contribution is -2.50. The van der Waals surface area contributed by atoms with E-state index in [-0.39, 0.29) is 23.0 Å². The van der Waals surface area contributed by atoms with Gasteiger partial charge >= 0.3 is 0 Å². The van der Waals surface area contributed by atoms with Crippen LogP contribution in [0, 0.1) is 5.82 Å². The summed E-state index contributed by atoms with van der Waals surface area (Å²) in [7, 11) is -3.36. The Hall–Kier alpha value is -1.01. The van der Waals surface area contributed by atoms with Gasteiger partial charge in [-0.25, -0.2) is 12.8 Å². The van der Waals surface area contributed by atoms with Crippen molar-refractivity contribution in [3.8, 4) is 0 Å². The molecule has 1 fully saturated rings. The zero-order valence-corrected chi connectivity index (χ0v) is 13.4. The van der Waals surface area contributed by atoms with E-state index in [0.29, 0.717) is 5.56 Å². The lowest BCUT2D eigenvalue weighted by Gasteiger charge is -2.32. The van der Waals surface area contributed by atoms with E-state index in [1.807, 2.05) is 0 Å². The quantitative estimate of drug-likeness (QED) is 0.809. The van der Waals surface area contributed by atoms with Gasteiger partial charge in [0.1, 0.15) is 10.6 Å². The highest BCUT2D eigenvalue weighted by atomic mass is 32.2. The van der Waals surface area contributed by atoms with E-state index in [2.05, 4.69) is 5.32 Å². The highest BCUT2D eigenvalue weighted by Gasteiger charge is 2.46. The topological polar surface area (TPSA) is 46.2 Å². The van der Waals surface area contributed by atoms with Crippen LogP contribution in [0.5, 0.6) is 0 Å². The van der Waals surface area contributed by atoms with Crippen LogP contribution in [0.2, 0.25) is 0 Å². The van der Waals surface area contributed by atoms with Gasteiger partial charge in [-0.2, -0.15) is 0 Å². The Morgan fingerprint density at radius 1 is 1.25 bits per heavy atom. The van der Waals surface area contributed by atoms with Crippen LogP contribution >= 0.6 is 12.2 Å². The first-order chi connectivity index (χ1) is 9.10. The Morgan fingerprint density at radius 2 is 1.85 bits per heavy atom. The zero-order valence-electron chi connectivity index (χ0n) is 11.7. The normalized spacial score (nSPS) is 28.5. The predicted molar refractivity (Wildman–Crippen MR) is 82.0 cm³/mol. The Kier molecular flexibility index (Phi) is 3.67. The van der Waals surface area contributed by atoms with E-state index >= 15 is 0 Å². The van der Waals surface area contributed by atoms with Crippen LogP contribution in [0.25, 0.3) is 0 Å². The molecule has 110 valence electrons. The molecule has 6 heteroatoms. The number of hydrogen-bond acceptors (Lipinski definition) is 3. The van der Waals surface area contributed by atoms with Crippen molar-refractivity contribution in [2.75, 3.05) is 5.75 Å². The SMILES string of the molecule is CC1(C)C(=S)N[C@](C)(c2ccccc2F)CCS1(=O)=O. The summed E-state index contributed by atoms with van der Waals surface area (Å²) in [5, 5.41) is 3.07. The highest BCUT2D eigenvalue weighted by Crippen LogP contribution is 2.34. The van der Waals surface area contributed by atoms with Crippen molar-refractivity contribution in [2.45, 2.75) is 37.5 Å². The zero-order chi connectivity index (χ0) is 15.2. The van der Waals surface area contributed by atoms with Gasteiger partial charge in [-0.1, -0.05) is 30.4 Å². The van der Waals surface area contributed by atoms with Crippen molar-refractivity contribution in [1.82, 2.24) is 5.32 Å². The maximum absolute atomic E-state index is 14.0. The largest absolute Gasteiger partial charge is 0.369 e. The number of sulfone groups is 1. The summed E-state index contributed by atoms with van der Waals surface area (Å²) in [5.74, 6) is -0.389. The van der Waals surface area contributed by atoms with Crippen molar-refractivity contribution < 1.29 is 12.8 Å². The Morgan fingerprint density at radius 3 is 2.45 bits per heavy atom. The van der Waals surface area contributed by atoms with Crippen LogP contribution in [0.15, 0.2) is 24.3 Å². The monoisotopic (exact) mass is 315 g/mol. The van der Waals surface area contributed by atoms with E-state index in [4.69, 9.17) is 12.2 Å². The number of halogens is 1. The lowest BCUT2D eigenvalue weighted by molar-refractivity contribution is 0.402. The predicted octanol–water partition coefficient (Wildman–Crippen LogP) is 2.56. The summed E-state index contributed by atoms with van der Waals surface area (Å²) in [4.78, 5) is 0.237. The number of hydrogen-bond donors (Lipinski definition) is 1. The van der Waals surface area contributed by atoms with Gasteiger partial charge in [0.05, 0.1) is 16.3 Å². The Balaban J connectivity index is 2.52. The summed E-state index contributed by atoms with van der Waals surface area (Å²) in [6, 6.07) is 6.38. The van der Waals surface area contributed by atoms with E-state index < -0.39 is 20.1 Å². The maximum atomic E-state index is 14.0. The molecular weight excluding hydrogens is 297 g/mol. The summed E-state index contributed by atoms with van der Waals surface area (Å²) >= 11 is 5.26. The minimum atomic E-state index is -3.36. The van der Waals surface area contributed by atoms with Crippen molar-refractivity contribution in [3.05, 3.63) is 35.6 Å². The van der Waals surface area contributed by atoms with Crippen LogP contribution in [0.4, 0.5) is 4.39 Å². The van der Waals surface area contributed by atoms with Crippen molar-refractivity contribution >= 4 is 27.0 Å². The average Bonchev–Trinajstić information content (AvgIpc) is 2.41. The van der Waals surface area contributed by atoms with Gasteiger partial charge in [0.2, 0.25) is 0 Å². The molecule has 0 radical (unpaired) electrons. The average molecular weight is 315 g/mol. The third kappa shape index (κ3) is 2.35. The molecule has 1 atom stereocenters. The first-order valence-electron chi connectivity index (χ1n) is 6.40. The summed E-state index contributed by atoms with van der Waals surface area (Å²) in [6.07, 6.45) is 0.278. The van der Waals surface area contributed by atoms with Gasteiger partial charge < -0.3 is 5.32 Å². The molecular formula is C14H18FNO2S2. The standard InChI is InChI=1S/C14H18FNO2S2/c1-13(2)12(19)16-14(3,8-9-20(13,17)18)10-6-4-5-7-11(10)15/h4-7H,8-9H2,1-3H3,(H,16,19)/t14-/m0/s1. The second-order valence-electron chi connectivity index (χ2n) is 5.85. The summed E-state index contributed by atoms with van der Waals surface area (Å²) in [5.41, 5.74) is -0.376. The van der Waals surface area contributed by atoms with E-state index in [1.165, 1.54) is 6.07 Å². The number of thiocarbonyl (C=S) groups is 1. The molecule has 0 aliphatic carbocycles. The number of benzene rings is 1. The molecule has 0 saturated carbocycles. The summed E-state index contributed by atoms with van der Waals surface area (Å²) < 4.78 is 37.5. The first kappa shape index (κ1) is 15.4. The molecule has 1 saturated heterocycles. The molecule has 0 aromatic heterocycles. The van der Waals surface area contributed by atoms with Gasteiger partial charge in [-0.15, -0.1) is 0 Å². The van der Waals surface area contributed by atoms with Crippen LogP contribution in [0.3, 0.4) is 0 Å². The van der Waals surface area contributed by atoms with Gasteiger partial charge in [-0.3, -0.25) is 0 Å². The fourth-order valence-electron chi connectivity index (χ4n) is 2.31. The molecule has 1 aliphatic rings. The molecule has 1 aliphatic heterocycles. The first-order valence-corrected chi connectivity index (χ1v) is 8.46. The highest BCUT2D eigenvalue weighted by molar-refractivity contribution is 7.95. The molecule has 0 unspecified atom stereocenters. The second-order valence-corrected chi connectivity index (χ2v) is 8.91. The summed E-state index contributed by atoms with van der Waals surface area (Å²) in [6.45, 7) is 4.96. The van der Waals surface area contributed by atoms with Crippen LogP contribution in [-0.4, -0.2) is 23.9 Å². The van der Waals surface area contributed by atoms with Gasteiger partial charge in [0.25, 0.3) is 0 Å². The van der Waals surface area contributed by atoms with E-state index in [9.17, 15) is 12.8 Å². The fourth-order valence-corrected chi connectivity index (χ4v) is 4.44. The van der Waals surface area contributed by atoms with Crippen LogP contribution in [-0.2, 0) is 15.4 Å². The molecule has 1 heterocycles. The van der Waals surface area contributed by atoms with Gasteiger partial charge in [0, 0.05) is 5.56 Å².